The molecule has 2 heterocycles. The number of amides is 1. The average molecular weight is 302 g/mol. The summed E-state index contributed by atoms with van der Waals surface area (Å²) in [5.74, 6) is -0.102. The van der Waals surface area contributed by atoms with Crippen LogP contribution in [-0.4, -0.2) is 36.3 Å². The molecule has 0 aliphatic carbocycles. The number of morpholine rings is 1. The Morgan fingerprint density at radius 2 is 2.35 bits per heavy atom. The molecule has 1 fully saturated rings. The number of ether oxygens (including phenoxy) is 1. The van der Waals surface area contributed by atoms with Gasteiger partial charge in [-0.2, -0.15) is 0 Å². The molecule has 0 saturated carbocycles. The van der Waals surface area contributed by atoms with E-state index < -0.39 is 0 Å². The van der Waals surface area contributed by atoms with Crippen LogP contribution in [0.25, 0.3) is 0 Å². The van der Waals surface area contributed by atoms with Gasteiger partial charge in [0, 0.05) is 31.9 Å². The first-order chi connectivity index (χ1) is 9.19. The quantitative estimate of drug-likeness (QED) is 0.854. The summed E-state index contributed by atoms with van der Waals surface area (Å²) in [5.41, 5.74) is 0.565. The van der Waals surface area contributed by atoms with Crippen LogP contribution in [0.15, 0.2) is 23.1 Å². The molecule has 1 aromatic heterocycles. The monoisotopic (exact) mass is 301 g/mol. The van der Waals surface area contributed by atoms with Crippen LogP contribution in [0.4, 0.5) is 5.69 Å². The number of nitrogens with zero attached hydrogens (tertiary/aromatic N) is 1. The number of pyridine rings is 1. The molecular weight excluding hydrogens is 282 g/mol. The van der Waals surface area contributed by atoms with Crippen LogP contribution in [0.3, 0.4) is 0 Å². The fraction of sp³-hybridized carbons (Fsp3) is 0.538. The summed E-state index contributed by atoms with van der Waals surface area (Å²) < 4.78 is 7.02. The molecule has 1 amide bonds. The molecule has 0 aromatic carbocycles. The molecule has 0 radical (unpaired) electrons. The Hall–Kier alpha value is -1.37. The second-order valence-electron chi connectivity index (χ2n) is 4.49. The van der Waals surface area contributed by atoms with Gasteiger partial charge in [0.1, 0.15) is 0 Å². The first-order valence-electron chi connectivity index (χ1n) is 6.51. The van der Waals surface area contributed by atoms with Gasteiger partial charge in [-0.05, 0) is 13.0 Å². The lowest BCUT2D eigenvalue weighted by molar-refractivity contribution is -0.119. The second kappa shape index (κ2) is 8.04. The van der Waals surface area contributed by atoms with Gasteiger partial charge in [0.2, 0.25) is 5.91 Å². The summed E-state index contributed by atoms with van der Waals surface area (Å²) in [5, 5.41) is 5.96. The van der Waals surface area contributed by atoms with Crippen LogP contribution in [0, 0.1) is 0 Å². The second-order valence-corrected chi connectivity index (χ2v) is 4.49. The van der Waals surface area contributed by atoms with Crippen molar-refractivity contribution >= 4 is 24.0 Å². The fourth-order valence-electron chi connectivity index (χ4n) is 2.02. The minimum atomic E-state index is -0.102. The first-order valence-corrected chi connectivity index (χ1v) is 6.51. The smallest absolute Gasteiger partial charge is 0.250 e. The third-order valence-corrected chi connectivity index (χ3v) is 3.03. The molecule has 1 atom stereocenters. The van der Waals surface area contributed by atoms with Gasteiger partial charge in [-0.25, -0.2) is 0 Å². The molecule has 7 heteroatoms. The highest BCUT2D eigenvalue weighted by atomic mass is 35.5. The van der Waals surface area contributed by atoms with E-state index in [0.29, 0.717) is 31.8 Å². The Kier molecular flexibility index (Phi) is 6.70. The molecule has 1 unspecified atom stereocenters. The molecular formula is C13H20ClN3O3. The zero-order chi connectivity index (χ0) is 13.7. The Bertz CT molecular complexity index is 498. The van der Waals surface area contributed by atoms with Gasteiger partial charge in [-0.3, -0.25) is 9.59 Å². The van der Waals surface area contributed by atoms with Crippen LogP contribution in [0.1, 0.15) is 13.3 Å². The first kappa shape index (κ1) is 16.7. The van der Waals surface area contributed by atoms with Crippen molar-refractivity contribution < 1.29 is 9.53 Å². The number of carbonyl (C=O) groups is 1. The van der Waals surface area contributed by atoms with Crippen LogP contribution < -0.4 is 16.2 Å². The van der Waals surface area contributed by atoms with E-state index in [9.17, 15) is 9.59 Å². The van der Waals surface area contributed by atoms with Crippen LogP contribution >= 0.6 is 12.4 Å². The lowest BCUT2D eigenvalue weighted by Crippen LogP contribution is -2.40. The molecule has 1 saturated heterocycles. The van der Waals surface area contributed by atoms with E-state index in [1.165, 1.54) is 6.07 Å². The molecule has 1 aliphatic rings. The molecule has 2 N–H and O–H groups in total. The van der Waals surface area contributed by atoms with Crippen LogP contribution in [0.2, 0.25) is 0 Å². The number of aromatic nitrogens is 1. The predicted molar refractivity (Wildman–Crippen MR) is 79.5 cm³/mol. The van der Waals surface area contributed by atoms with Gasteiger partial charge in [0.05, 0.1) is 24.8 Å². The fourth-order valence-corrected chi connectivity index (χ4v) is 2.02. The van der Waals surface area contributed by atoms with Gasteiger partial charge in [-0.15, -0.1) is 12.4 Å². The van der Waals surface area contributed by atoms with E-state index in [1.54, 1.807) is 16.8 Å². The maximum atomic E-state index is 11.9. The summed E-state index contributed by atoms with van der Waals surface area (Å²) >= 11 is 0. The van der Waals surface area contributed by atoms with E-state index in [2.05, 4.69) is 10.6 Å². The topological polar surface area (TPSA) is 72.4 Å². The van der Waals surface area contributed by atoms with Gasteiger partial charge in [0.15, 0.2) is 0 Å². The average Bonchev–Trinajstić information content (AvgIpc) is 2.42. The minimum absolute atomic E-state index is 0. The standard InChI is InChI=1S/C13H19N3O3.ClH/c1-2-16-9-10(3-4-13(16)18)15-12(17)7-11-8-14-5-6-19-11;/h3-4,9,11,14H,2,5-8H2,1H3,(H,15,17);1H. The SMILES string of the molecule is CCn1cc(NC(=O)CC2CNCCO2)ccc1=O.Cl. The highest BCUT2D eigenvalue weighted by Gasteiger charge is 2.17. The van der Waals surface area contributed by atoms with Crippen LogP contribution in [0.5, 0.6) is 0 Å². The number of rotatable bonds is 4. The zero-order valence-electron chi connectivity index (χ0n) is 11.4. The number of anilines is 1. The van der Waals surface area contributed by atoms with E-state index >= 15 is 0 Å². The van der Waals surface area contributed by atoms with Gasteiger partial charge >= 0.3 is 0 Å². The normalized spacial score (nSPS) is 18.1. The highest BCUT2D eigenvalue weighted by Crippen LogP contribution is 2.07. The van der Waals surface area contributed by atoms with Crippen molar-refractivity contribution in [2.24, 2.45) is 0 Å². The van der Waals surface area contributed by atoms with Crippen molar-refractivity contribution in [1.82, 2.24) is 9.88 Å². The third kappa shape index (κ3) is 4.63. The predicted octanol–water partition coefficient (Wildman–Crippen LogP) is 0.607. The molecule has 6 nitrogen and oxygen atoms in total. The molecule has 1 aliphatic heterocycles. The highest BCUT2D eigenvalue weighted by molar-refractivity contribution is 5.90. The molecule has 2 rings (SSSR count). The molecule has 0 bridgehead atoms. The van der Waals surface area contributed by atoms with Crippen molar-refractivity contribution in [2.75, 3.05) is 25.0 Å². The summed E-state index contributed by atoms with van der Waals surface area (Å²) in [6.45, 7) is 4.63. The maximum Gasteiger partial charge on any atom is 0.250 e. The Morgan fingerprint density at radius 3 is 3.00 bits per heavy atom. The number of carbonyl (C=O) groups excluding carboxylic acids is 1. The summed E-state index contributed by atoms with van der Waals surface area (Å²) in [6, 6.07) is 3.07. The summed E-state index contributed by atoms with van der Waals surface area (Å²) in [7, 11) is 0. The number of halogens is 1. The minimum Gasteiger partial charge on any atom is -0.375 e. The molecule has 112 valence electrons. The molecule has 1 aromatic rings. The Morgan fingerprint density at radius 1 is 1.55 bits per heavy atom. The van der Waals surface area contributed by atoms with Gasteiger partial charge in [-0.1, -0.05) is 0 Å². The summed E-state index contributed by atoms with van der Waals surface area (Å²) in [4.78, 5) is 23.3. The van der Waals surface area contributed by atoms with Gasteiger partial charge in [0.25, 0.3) is 5.56 Å². The lowest BCUT2D eigenvalue weighted by atomic mass is 10.2. The lowest BCUT2D eigenvalue weighted by Gasteiger charge is -2.23. The molecule has 0 spiro atoms. The van der Waals surface area contributed by atoms with Crippen molar-refractivity contribution in [3.05, 3.63) is 28.7 Å². The zero-order valence-corrected chi connectivity index (χ0v) is 12.2. The maximum absolute atomic E-state index is 11.9. The van der Waals surface area contributed by atoms with Crippen molar-refractivity contribution in [3.8, 4) is 0 Å². The number of hydrogen-bond donors (Lipinski definition) is 2. The Labute approximate surface area is 123 Å². The van der Waals surface area contributed by atoms with E-state index in [1.807, 2.05) is 6.92 Å². The van der Waals surface area contributed by atoms with E-state index in [-0.39, 0.29) is 30.0 Å². The Balaban J connectivity index is 0.00000200. The number of nitrogens with one attached hydrogen (secondary N) is 2. The van der Waals surface area contributed by atoms with Crippen LogP contribution in [-0.2, 0) is 16.1 Å². The number of hydrogen-bond acceptors (Lipinski definition) is 4. The summed E-state index contributed by atoms with van der Waals surface area (Å²) in [6.07, 6.45) is 1.89. The largest absolute Gasteiger partial charge is 0.375 e. The number of aryl methyl sites for hydroxylation is 1. The van der Waals surface area contributed by atoms with Crippen molar-refractivity contribution in [2.45, 2.75) is 26.0 Å². The van der Waals surface area contributed by atoms with Gasteiger partial charge < -0.3 is 19.9 Å². The van der Waals surface area contributed by atoms with E-state index in [4.69, 9.17) is 4.74 Å². The third-order valence-electron chi connectivity index (χ3n) is 3.03. The molecule has 20 heavy (non-hydrogen) atoms. The van der Waals surface area contributed by atoms with E-state index in [0.717, 1.165) is 6.54 Å². The van der Waals surface area contributed by atoms with Crippen molar-refractivity contribution in [3.63, 3.8) is 0 Å². The van der Waals surface area contributed by atoms with Crippen molar-refractivity contribution in [1.29, 1.82) is 0 Å².